The third-order valence-electron chi connectivity index (χ3n) is 4.01. The maximum Gasteiger partial charge on any atom is 0.339 e. The number of halogens is 1. The number of methoxy groups -OCH3 is 2. The summed E-state index contributed by atoms with van der Waals surface area (Å²) < 4.78 is 10.5. The number of aromatic nitrogens is 1. The topological polar surface area (TPSA) is 80.7 Å². The number of carbonyl (C=O) groups is 1. The molecule has 0 aliphatic rings. The van der Waals surface area contributed by atoms with E-state index in [0.29, 0.717) is 38.8 Å². The van der Waals surface area contributed by atoms with Gasteiger partial charge in [-0.1, -0.05) is 11.6 Å². The number of pyridine rings is 1. The minimum Gasteiger partial charge on any atom is -0.493 e. The van der Waals surface area contributed by atoms with E-state index >= 15 is 0 Å². The van der Waals surface area contributed by atoms with Gasteiger partial charge in [-0.2, -0.15) is 0 Å². The molecule has 1 heterocycles. The summed E-state index contributed by atoms with van der Waals surface area (Å²) in [6.45, 7) is 1.88. The van der Waals surface area contributed by atoms with E-state index in [0.717, 1.165) is 5.56 Å². The molecule has 3 rings (SSSR count). The monoisotopic (exact) mass is 372 g/mol. The van der Waals surface area contributed by atoms with Crippen LogP contribution in [0, 0.1) is 6.92 Å². The van der Waals surface area contributed by atoms with Gasteiger partial charge in [0, 0.05) is 28.4 Å². The van der Waals surface area contributed by atoms with E-state index < -0.39 is 5.97 Å². The molecule has 0 atom stereocenters. The average Bonchev–Trinajstić information content (AvgIpc) is 2.61. The van der Waals surface area contributed by atoms with Crippen LogP contribution < -0.4 is 14.8 Å². The van der Waals surface area contributed by atoms with Crippen LogP contribution in [0.25, 0.3) is 10.9 Å². The average molecular weight is 373 g/mol. The summed E-state index contributed by atoms with van der Waals surface area (Å²) in [6.07, 6.45) is 1.34. The first-order valence-corrected chi connectivity index (χ1v) is 8.13. The Morgan fingerprint density at radius 2 is 1.88 bits per heavy atom. The van der Waals surface area contributed by atoms with Crippen LogP contribution in [0.4, 0.5) is 11.4 Å². The van der Waals surface area contributed by atoms with E-state index in [1.165, 1.54) is 13.3 Å². The lowest BCUT2D eigenvalue weighted by Crippen LogP contribution is -2.05. The third kappa shape index (κ3) is 3.23. The van der Waals surface area contributed by atoms with Crippen molar-refractivity contribution in [1.82, 2.24) is 4.98 Å². The van der Waals surface area contributed by atoms with Crippen molar-refractivity contribution in [1.29, 1.82) is 0 Å². The van der Waals surface area contributed by atoms with Crippen molar-refractivity contribution in [2.75, 3.05) is 19.5 Å². The van der Waals surface area contributed by atoms with Crippen molar-refractivity contribution in [3.8, 4) is 11.5 Å². The Balaban J connectivity index is 2.20. The summed E-state index contributed by atoms with van der Waals surface area (Å²) in [7, 11) is 3.09. The number of anilines is 2. The Morgan fingerprint density at radius 1 is 1.15 bits per heavy atom. The number of benzene rings is 2. The second kappa shape index (κ2) is 7.09. The van der Waals surface area contributed by atoms with Crippen molar-refractivity contribution < 1.29 is 19.4 Å². The summed E-state index contributed by atoms with van der Waals surface area (Å²) in [6, 6.07) is 8.73. The number of nitrogens with one attached hydrogen (secondary N) is 1. The molecule has 0 saturated carbocycles. The lowest BCUT2D eigenvalue weighted by Gasteiger charge is -2.15. The molecular formula is C19H17ClN2O4. The highest BCUT2D eigenvalue weighted by Crippen LogP contribution is 2.35. The molecule has 0 aliphatic carbocycles. The van der Waals surface area contributed by atoms with Crippen molar-refractivity contribution >= 4 is 39.8 Å². The highest BCUT2D eigenvalue weighted by Gasteiger charge is 2.17. The number of carboxylic acids is 1. The Hall–Kier alpha value is -2.99. The van der Waals surface area contributed by atoms with Crippen LogP contribution in [0.15, 0.2) is 36.5 Å². The molecule has 0 fully saturated rings. The first-order chi connectivity index (χ1) is 12.4. The van der Waals surface area contributed by atoms with Crippen LogP contribution in [-0.4, -0.2) is 30.3 Å². The summed E-state index contributed by atoms with van der Waals surface area (Å²) >= 11 is 6.18. The zero-order valence-electron chi connectivity index (χ0n) is 14.5. The van der Waals surface area contributed by atoms with Gasteiger partial charge in [0.05, 0.1) is 25.4 Å². The van der Waals surface area contributed by atoms with E-state index in [4.69, 9.17) is 21.1 Å². The van der Waals surface area contributed by atoms with Gasteiger partial charge in [0.2, 0.25) is 0 Å². The number of ether oxygens (including phenoxy) is 2. The van der Waals surface area contributed by atoms with Crippen LogP contribution in [0.1, 0.15) is 15.9 Å². The van der Waals surface area contributed by atoms with Crippen LogP contribution in [0.2, 0.25) is 5.02 Å². The van der Waals surface area contributed by atoms with E-state index in [-0.39, 0.29) is 5.56 Å². The number of rotatable bonds is 5. The van der Waals surface area contributed by atoms with E-state index in [1.54, 1.807) is 37.4 Å². The molecule has 7 heteroatoms. The van der Waals surface area contributed by atoms with Gasteiger partial charge in [0.25, 0.3) is 0 Å². The number of hydrogen-bond acceptors (Lipinski definition) is 5. The Morgan fingerprint density at radius 3 is 2.54 bits per heavy atom. The van der Waals surface area contributed by atoms with Gasteiger partial charge in [-0.05, 0) is 36.8 Å². The van der Waals surface area contributed by atoms with Crippen molar-refractivity contribution in [3.63, 3.8) is 0 Å². The number of fused-ring (bicyclic) bond motifs is 1. The lowest BCUT2D eigenvalue weighted by molar-refractivity contribution is 0.0697. The summed E-state index contributed by atoms with van der Waals surface area (Å²) in [5, 5.41) is 13.9. The smallest absolute Gasteiger partial charge is 0.339 e. The predicted molar refractivity (Wildman–Crippen MR) is 101 cm³/mol. The summed E-state index contributed by atoms with van der Waals surface area (Å²) in [4.78, 5) is 16.0. The maximum atomic E-state index is 11.7. The largest absolute Gasteiger partial charge is 0.493 e. The SMILES string of the molecule is COc1ccc(Nc2c(C(=O)O)cnc3c(C)cc(Cl)cc23)cc1OC. The fourth-order valence-corrected chi connectivity index (χ4v) is 3.06. The van der Waals surface area contributed by atoms with Crippen molar-refractivity contribution in [2.24, 2.45) is 0 Å². The summed E-state index contributed by atoms with van der Waals surface area (Å²) in [5.74, 6) is 0.0249. The molecule has 1 aromatic heterocycles. The molecule has 0 saturated heterocycles. The van der Waals surface area contributed by atoms with Crippen LogP contribution in [0.3, 0.4) is 0 Å². The zero-order chi connectivity index (χ0) is 18.8. The number of carboxylic acid groups (broad SMARTS) is 1. The molecule has 0 unspecified atom stereocenters. The highest BCUT2D eigenvalue weighted by molar-refractivity contribution is 6.31. The number of hydrogen-bond donors (Lipinski definition) is 2. The van der Waals surface area contributed by atoms with Crippen LogP contribution in [0.5, 0.6) is 11.5 Å². The minimum atomic E-state index is -1.08. The van der Waals surface area contributed by atoms with Gasteiger partial charge in [-0.25, -0.2) is 4.79 Å². The first-order valence-electron chi connectivity index (χ1n) is 7.75. The molecule has 0 aliphatic heterocycles. The second-order valence-corrected chi connectivity index (χ2v) is 6.10. The quantitative estimate of drug-likeness (QED) is 0.678. The predicted octanol–water partition coefficient (Wildman–Crippen LogP) is 4.66. The molecule has 26 heavy (non-hydrogen) atoms. The van der Waals surface area contributed by atoms with Gasteiger partial charge in [0.1, 0.15) is 5.56 Å². The van der Waals surface area contributed by atoms with Gasteiger partial charge in [-0.15, -0.1) is 0 Å². The summed E-state index contributed by atoms with van der Waals surface area (Å²) in [5.41, 5.74) is 2.66. The fourth-order valence-electron chi connectivity index (χ4n) is 2.79. The maximum absolute atomic E-state index is 11.7. The Kier molecular flexibility index (Phi) is 4.86. The first kappa shape index (κ1) is 17.8. The molecule has 0 radical (unpaired) electrons. The molecule has 6 nitrogen and oxygen atoms in total. The molecule has 2 N–H and O–H groups in total. The number of nitrogens with zero attached hydrogens (tertiary/aromatic N) is 1. The zero-order valence-corrected chi connectivity index (χ0v) is 15.2. The fraction of sp³-hybridized carbons (Fsp3) is 0.158. The highest BCUT2D eigenvalue weighted by atomic mass is 35.5. The molecule has 2 aromatic carbocycles. The molecule has 0 spiro atoms. The van der Waals surface area contributed by atoms with Crippen LogP contribution >= 0.6 is 11.6 Å². The van der Waals surface area contributed by atoms with Gasteiger partial charge in [0.15, 0.2) is 11.5 Å². The molecule has 0 amide bonds. The van der Waals surface area contributed by atoms with Crippen LogP contribution in [-0.2, 0) is 0 Å². The van der Waals surface area contributed by atoms with Gasteiger partial charge >= 0.3 is 5.97 Å². The van der Waals surface area contributed by atoms with E-state index in [2.05, 4.69) is 10.3 Å². The lowest BCUT2D eigenvalue weighted by atomic mass is 10.1. The van der Waals surface area contributed by atoms with Crippen molar-refractivity contribution in [3.05, 3.63) is 52.7 Å². The standard InChI is InChI=1S/C19H17ClN2O4/c1-10-6-11(20)7-13-17(10)21-9-14(19(23)24)18(13)22-12-4-5-15(25-2)16(8-12)26-3/h4-9H,1-3H3,(H,21,22)(H,23,24). The Labute approximate surface area is 155 Å². The minimum absolute atomic E-state index is 0.0500. The second-order valence-electron chi connectivity index (χ2n) is 5.67. The Bertz CT molecular complexity index is 1000. The van der Waals surface area contributed by atoms with Gasteiger partial charge in [-0.3, -0.25) is 4.98 Å². The van der Waals surface area contributed by atoms with E-state index in [1.807, 2.05) is 6.92 Å². The third-order valence-corrected chi connectivity index (χ3v) is 4.23. The van der Waals surface area contributed by atoms with Crippen molar-refractivity contribution in [2.45, 2.75) is 6.92 Å². The normalized spacial score (nSPS) is 10.6. The molecule has 3 aromatic rings. The molecule has 0 bridgehead atoms. The number of aryl methyl sites for hydroxylation is 1. The van der Waals surface area contributed by atoms with Gasteiger partial charge < -0.3 is 19.9 Å². The number of aromatic carboxylic acids is 1. The van der Waals surface area contributed by atoms with E-state index in [9.17, 15) is 9.90 Å². The molecule has 134 valence electrons. The molecular weight excluding hydrogens is 356 g/mol.